The molecule has 0 aromatic heterocycles. The Morgan fingerprint density at radius 1 is 1.14 bits per heavy atom. The van der Waals surface area contributed by atoms with Crippen LogP contribution in [0.3, 0.4) is 0 Å². The standard InChI is InChI=1S/C18H20N2O2/c19-16-7-3-2-6-15(16)18(21)20-11-14-5-1-4-8-17(14)22-12-13-9-10-13/h1-8,13H,9-12,19H2,(H,20,21). The van der Waals surface area contributed by atoms with Gasteiger partial charge in [0.15, 0.2) is 0 Å². The van der Waals surface area contributed by atoms with E-state index >= 15 is 0 Å². The Hall–Kier alpha value is -2.49. The molecule has 0 aliphatic heterocycles. The zero-order chi connectivity index (χ0) is 15.4. The first kappa shape index (κ1) is 14.4. The van der Waals surface area contributed by atoms with Crippen LogP contribution >= 0.6 is 0 Å². The van der Waals surface area contributed by atoms with Gasteiger partial charge in [-0.25, -0.2) is 0 Å². The highest BCUT2D eigenvalue weighted by Gasteiger charge is 2.22. The smallest absolute Gasteiger partial charge is 0.253 e. The first-order valence-electron chi connectivity index (χ1n) is 7.57. The average molecular weight is 296 g/mol. The quantitative estimate of drug-likeness (QED) is 0.805. The van der Waals surface area contributed by atoms with Crippen molar-refractivity contribution in [3.63, 3.8) is 0 Å². The second kappa shape index (κ2) is 6.52. The fourth-order valence-electron chi connectivity index (χ4n) is 2.26. The van der Waals surface area contributed by atoms with E-state index in [1.165, 1.54) is 12.8 Å². The highest BCUT2D eigenvalue weighted by molar-refractivity contribution is 5.99. The largest absolute Gasteiger partial charge is 0.493 e. The van der Waals surface area contributed by atoms with Gasteiger partial charge in [0.25, 0.3) is 5.91 Å². The molecule has 0 spiro atoms. The second-order valence-corrected chi connectivity index (χ2v) is 5.63. The molecule has 1 amide bonds. The normalized spacial score (nSPS) is 13.6. The Kier molecular flexibility index (Phi) is 4.28. The maximum Gasteiger partial charge on any atom is 0.253 e. The lowest BCUT2D eigenvalue weighted by Gasteiger charge is -2.12. The molecule has 3 rings (SSSR count). The van der Waals surface area contributed by atoms with Gasteiger partial charge in [-0.15, -0.1) is 0 Å². The van der Waals surface area contributed by atoms with Gasteiger partial charge in [0.05, 0.1) is 12.2 Å². The summed E-state index contributed by atoms with van der Waals surface area (Å²) in [6.45, 7) is 1.19. The summed E-state index contributed by atoms with van der Waals surface area (Å²) < 4.78 is 5.85. The van der Waals surface area contributed by atoms with Gasteiger partial charge in [0.2, 0.25) is 0 Å². The van der Waals surface area contributed by atoms with Gasteiger partial charge in [-0.2, -0.15) is 0 Å². The monoisotopic (exact) mass is 296 g/mol. The molecular formula is C18H20N2O2. The molecule has 0 bridgehead atoms. The zero-order valence-electron chi connectivity index (χ0n) is 12.4. The highest BCUT2D eigenvalue weighted by Crippen LogP contribution is 2.30. The number of anilines is 1. The lowest BCUT2D eigenvalue weighted by molar-refractivity contribution is 0.0951. The minimum atomic E-state index is -0.171. The van der Waals surface area contributed by atoms with E-state index in [0.29, 0.717) is 23.7 Å². The maximum atomic E-state index is 12.2. The predicted octanol–water partition coefficient (Wildman–Crippen LogP) is 2.99. The predicted molar refractivity (Wildman–Crippen MR) is 86.7 cm³/mol. The number of hydrogen-bond donors (Lipinski definition) is 2. The van der Waals surface area contributed by atoms with Gasteiger partial charge in [0.1, 0.15) is 5.75 Å². The molecule has 0 atom stereocenters. The van der Waals surface area contributed by atoms with E-state index in [-0.39, 0.29) is 5.91 Å². The summed E-state index contributed by atoms with van der Waals surface area (Å²) in [5.74, 6) is 1.37. The summed E-state index contributed by atoms with van der Waals surface area (Å²) in [6, 6.07) is 14.9. The van der Waals surface area contributed by atoms with E-state index in [0.717, 1.165) is 17.9 Å². The van der Waals surface area contributed by atoms with Gasteiger partial charge in [-0.1, -0.05) is 30.3 Å². The van der Waals surface area contributed by atoms with Crippen LogP contribution in [0, 0.1) is 5.92 Å². The van der Waals surface area contributed by atoms with Gasteiger partial charge in [-0.05, 0) is 37.0 Å². The summed E-state index contributed by atoms with van der Waals surface area (Å²) >= 11 is 0. The summed E-state index contributed by atoms with van der Waals surface area (Å²) in [6.07, 6.45) is 2.51. The number of rotatable bonds is 6. The van der Waals surface area contributed by atoms with Crippen LogP contribution in [0.1, 0.15) is 28.8 Å². The fraction of sp³-hybridized carbons (Fsp3) is 0.278. The zero-order valence-corrected chi connectivity index (χ0v) is 12.4. The van der Waals surface area contributed by atoms with Crippen molar-refractivity contribution in [2.75, 3.05) is 12.3 Å². The van der Waals surface area contributed by atoms with Crippen molar-refractivity contribution in [2.45, 2.75) is 19.4 Å². The van der Waals surface area contributed by atoms with Gasteiger partial charge >= 0.3 is 0 Å². The molecule has 2 aromatic rings. The van der Waals surface area contributed by atoms with Crippen LogP contribution in [0.15, 0.2) is 48.5 Å². The summed E-state index contributed by atoms with van der Waals surface area (Å²) in [5.41, 5.74) is 7.78. The Bertz CT molecular complexity index is 666. The number of carbonyl (C=O) groups excluding carboxylic acids is 1. The molecule has 1 aliphatic carbocycles. The van der Waals surface area contributed by atoms with Gasteiger partial charge < -0.3 is 15.8 Å². The SMILES string of the molecule is Nc1ccccc1C(=O)NCc1ccccc1OCC1CC1. The Balaban J connectivity index is 1.63. The molecule has 2 aromatic carbocycles. The molecule has 0 radical (unpaired) electrons. The molecule has 0 unspecified atom stereocenters. The number of carbonyl (C=O) groups is 1. The van der Waals surface area contributed by atoms with Crippen LogP contribution in [0.2, 0.25) is 0 Å². The minimum Gasteiger partial charge on any atom is -0.493 e. The lowest BCUT2D eigenvalue weighted by atomic mass is 10.1. The van der Waals surface area contributed by atoms with Crippen LogP contribution in [0.25, 0.3) is 0 Å². The van der Waals surface area contributed by atoms with Gasteiger partial charge in [0, 0.05) is 17.8 Å². The molecule has 1 aliphatic rings. The van der Waals surface area contributed by atoms with E-state index in [4.69, 9.17) is 10.5 Å². The summed E-state index contributed by atoms with van der Waals surface area (Å²) in [4.78, 5) is 12.2. The Labute approximate surface area is 130 Å². The number of ether oxygens (including phenoxy) is 1. The fourth-order valence-corrected chi connectivity index (χ4v) is 2.26. The van der Waals surface area contributed by atoms with Crippen molar-refractivity contribution in [2.24, 2.45) is 5.92 Å². The minimum absolute atomic E-state index is 0.171. The third-order valence-electron chi connectivity index (χ3n) is 3.79. The van der Waals surface area contributed by atoms with Crippen LogP contribution in [-0.2, 0) is 6.54 Å². The number of nitrogen functional groups attached to an aromatic ring is 1. The molecule has 0 heterocycles. The average Bonchev–Trinajstić information content (AvgIpc) is 3.36. The lowest BCUT2D eigenvalue weighted by Crippen LogP contribution is -2.24. The molecule has 4 nitrogen and oxygen atoms in total. The maximum absolute atomic E-state index is 12.2. The molecule has 0 saturated heterocycles. The molecule has 3 N–H and O–H groups in total. The van der Waals surface area contributed by atoms with Crippen molar-refractivity contribution in [1.29, 1.82) is 0 Å². The molecule has 4 heteroatoms. The second-order valence-electron chi connectivity index (χ2n) is 5.63. The van der Waals surface area contributed by atoms with E-state index in [9.17, 15) is 4.79 Å². The Morgan fingerprint density at radius 2 is 1.86 bits per heavy atom. The van der Waals surface area contributed by atoms with Crippen molar-refractivity contribution >= 4 is 11.6 Å². The topological polar surface area (TPSA) is 64.4 Å². The molecule has 22 heavy (non-hydrogen) atoms. The van der Waals surface area contributed by atoms with E-state index in [1.54, 1.807) is 18.2 Å². The van der Waals surface area contributed by atoms with E-state index < -0.39 is 0 Å². The van der Waals surface area contributed by atoms with Crippen molar-refractivity contribution in [3.05, 3.63) is 59.7 Å². The number of nitrogens with one attached hydrogen (secondary N) is 1. The van der Waals surface area contributed by atoms with Crippen LogP contribution in [-0.4, -0.2) is 12.5 Å². The third kappa shape index (κ3) is 3.58. The van der Waals surface area contributed by atoms with Crippen molar-refractivity contribution in [1.82, 2.24) is 5.32 Å². The van der Waals surface area contributed by atoms with Crippen LogP contribution in [0.5, 0.6) is 5.75 Å². The Morgan fingerprint density at radius 3 is 2.64 bits per heavy atom. The molecule has 1 saturated carbocycles. The van der Waals surface area contributed by atoms with Crippen molar-refractivity contribution < 1.29 is 9.53 Å². The number of hydrogen-bond acceptors (Lipinski definition) is 3. The van der Waals surface area contributed by atoms with Crippen LogP contribution < -0.4 is 15.8 Å². The van der Waals surface area contributed by atoms with E-state index in [1.807, 2.05) is 30.3 Å². The first-order valence-corrected chi connectivity index (χ1v) is 7.57. The number of benzene rings is 2. The molecular weight excluding hydrogens is 276 g/mol. The third-order valence-corrected chi connectivity index (χ3v) is 3.79. The molecule has 1 fully saturated rings. The first-order chi connectivity index (χ1) is 10.7. The van der Waals surface area contributed by atoms with Crippen LogP contribution in [0.4, 0.5) is 5.69 Å². The molecule has 114 valence electrons. The summed E-state index contributed by atoms with van der Waals surface area (Å²) in [5, 5.41) is 2.90. The van der Waals surface area contributed by atoms with Crippen molar-refractivity contribution in [3.8, 4) is 5.75 Å². The van der Waals surface area contributed by atoms with Gasteiger partial charge in [-0.3, -0.25) is 4.79 Å². The number of para-hydroxylation sites is 2. The van der Waals surface area contributed by atoms with E-state index in [2.05, 4.69) is 5.32 Å². The number of nitrogens with two attached hydrogens (primary N) is 1. The highest BCUT2D eigenvalue weighted by atomic mass is 16.5. The number of amides is 1. The summed E-state index contributed by atoms with van der Waals surface area (Å²) in [7, 11) is 0.